The maximum absolute atomic E-state index is 6.36. The number of hydrogen-bond donors (Lipinski definition) is 1. The number of rotatable bonds is 3. The summed E-state index contributed by atoms with van der Waals surface area (Å²) in [6.07, 6.45) is 4.76. The Labute approximate surface area is 154 Å². The van der Waals surface area contributed by atoms with E-state index in [9.17, 15) is 0 Å². The Morgan fingerprint density at radius 2 is 1.85 bits per heavy atom. The van der Waals surface area contributed by atoms with Crippen LogP contribution in [0.25, 0.3) is 5.65 Å². The normalized spacial score (nSPS) is 20.2. The molecule has 4 rings (SSSR count). The molecule has 0 spiro atoms. The van der Waals surface area contributed by atoms with Crippen molar-refractivity contribution in [2.24, 2.45) is 11.1 Å². The third-order valence-corrected chi connectivity index (χ3v) is 4.89. The van der Waals surface area contributed by atoms with Crippen molar-refractivity contribution in [3.8, 4) is 5.75 Å². The van der Waals surface area contributed by atoms with Crippen LogP contribution in [0.2, 0.25) is 0 Å². The topological polar surface area (TPSA) is 65.4 Å². The fourth-order valence-electron chi connectivity index (χ4n) is 3.65. The monoisotopic (exact) mass is 350 g/mol. The van der Waals surface area contributed by atoms with Crippen molar-refractivity contribution < 1.29 is 4.74 Å². The van der Waals surface area contributed by atoms with Crippen molar-refractivity contribution in [1.29, 1.82) is 0 Å². The van der Waals surface area contributed by atoms with Gasteiger partial charge in [-0.3, -0.25) is 4.40 Å². The molecule has 136 valence electrons. The summed E-state index contributed by atoms with van der Waals surface area (Å²) >= 11 is 0. The lowest BCUT2D eigenvalue weighted by Crippen LogP contribution is -2.23. The maximum atomic E-state index is 6.36. The van der Waals surface area contributed by atoms with Gasteiger partial charge in [0.2, 0.25) is 0 Å². The minimum absolute atomic E-state index is 0.0333. The number of benzene rings is 1. The van der Waals surface area contributed by atoms with Crippen molar-refractivity contribution in [2.45, 2.75) is 52.2 Å². The van der Waals surface area contributed by atoms with Crippen LogP contribution in [0.5, 0.6) is 5.75 Å². The van der Waals surface area contributed by atoms with Crippen LogP contribution in [-0.2, 0) is 6.42 Å². The molecule has 2 heterocycles. The highest BCUT2D eigenvalue weighted by atomic mass is 16.5. The molecule has 2 aromatic heterocycles. The predicted octanol–water partition coefficient (Wildman–Crippen LogP) is 4.23. The largest absolute Gasteiger partial charge is 0.484 e. The van der Waals surface area contributed by atoms with Crippen molar-refractivity contribution in [3.63, 3.8) is 0 Å². The highest BCUT2D eigenvalue weighted by Crippen LogP contribution is 2.37. The Kier molecular flexibility index (Phi) is 4.19. The third-order valence-electron chi connectivity index (χ3n) is 4.89. The lowest BCUT2D eigenvalue weighted by atomic mass is 9.86. The average molecular weight is 350 g/mol. The van der Waals surface area contributed by atoms with Crippen molar-refractivity contribution in [1.82, 2.24) is 14.6 Å². The number of nitrogens with zero attached hydrogens (tertiary/aromatic N) is 3. The van der Waals surface area contributed by atoms with E-state index in [4.69, 9.17) is 10.5 Å². The minimum atomic E-state index is 0.0333. The highest BCUT2D eigenvalue weighted by Gasteiger charge is 2.26. The van der Waals surface area contributed by atoms with Crippen molar-refractivity contribution in [3.05, 3.63) is 59.5 Å². The molecule has 3 aromatic rings. The second-order valence-electron chi connectivity index (χ2n) is 8.37. The van der Waals surface area contributed by atoms with Gasteiger partial charge in [0.15, 0.2) is 5.65 Å². The maximum Gasteiger partial charge on any atom is 0.161 e. The molecule has 2 unspecified atom stereocenters. The number of nitrogens with two attached hydrogens (primary N) is 1. The second-order valence-corrected chi connectivity index (χ2v) is 8.37. The Morgan fingerprint density at radius 1 is 1.08 bits per heavy atom. The number of aromatic nitrogens is 3. The summed E-state index contributed by atoms with van der Waals surface area (Å²) in [5.74, 6) is 1.80. The van der Waals surface area contributed by atoms with E-state index >= 15 is 0 Å². The quantitative estimate of drug-likeness (QED) is 0.767. The molecule has 0 aliphatic heterocycles. The molecule has 1 aromatic carbocycles. The molecule has 0 saturated heterocycles. The van der Waals surface area contributed by atoms with Gasteiger partial charge >= 0.3 is 0 Å². The lowest BCUT2D eigenvalue weighted by molar-refractivity contribution is 0.176. The van der Waals surface area contributed by atoms with Gasteiger partial charge < -0.3 is 10.5 Å². The van der Waals surface area contributed by atoms with Crippen LogP contribution < -0.4 is 10.5 Å². The first-order chi connectivity index (χ1) is 12.4. The zero-order valence-corrected chi connectivity index (χ0v) is 15.6. The number of fused-ring (bicyclic) bond motifs is 2. The molecule has 0 radical (unpaired) electrons. The van der Waals surface area contributed by atoms with Gasteiger partial charge in [0.1, 0.15) is 17.7 Å². The minimum Gasteiger partial charge on any atom is -0.484 e. The van der Waals surface area contributed by atoms with E-state index in [1.807, 2.05) is 28.8 Å². The predicted molar refractivity (Wildman–Crippen MR) is 102 cm³/mol. The number of ether oxygens (including phenoxy) is 1. The molecule has 26 heavy (non-hydrogen) atoms. The van der Waals surface area contributed by atoms with E-state index in [0.717, 1.165) is 36.5 Å². The van der Waals surface area contributed by atoms with Gasteiger partial charge in [-0.2, -0.15) is 0 Å². The third kappa shape index (κ3) is 3.31. The Bertz CT molecular complexity index is 925. The fourth-order valence-corrected chi connectivity index (χ4v) is 3.65. The van der Waals surface area contributed by atoms with Crippen LogP contribution in [0.3, 0.4) is 0 Å². The molecular formula is C21H26N4O. The van der Waals surface area contributed by atoms with Crippen LogP contribution in [-0.4, -0.2) is 14.6 Å². The van der Waals surface area contributed by atoms with Gasteiger partial charge in [0.25, 0.3) is 0 Å². The van der Waals surface area contributed by atoms with Gasteiger partial charge in [0, 0.05) is 12.5 Å². The molecule has 0 fully saturated rings. The first-order valence-electron chi connectivity index (χ1n) is 9.25. The van der Waals surface area contributed by atoms with E-state index in [-0.39, 0.29) is 17.6 Å². The SMILES string of the molecule is CC(C)(C)Cc1nnc2ccc(OC3CCC(N)c4ccccc43)cn12. The smallest absolute Gasteiger partial charge is 0.161 e. The average Bonchev–Trinajstić information content (AvgIpc) is 2.98. The number of hydrogen-bond acceptors (Lipinski definition) is 4. The van der Waals surface area contributed by atoms with Gasteiger partial charge in [-0.25, -0.2) is 0 Å². The summed E-state index contributed by atoms with van der Waals surface area (Å²) in [7, 11) is 0. The highest BCUT2D eigenvalue weighted by molar-refractivity contribution is 5.42. The molecule has 0 bridgehead atoms. The number of pyridine rings is 1. The molecule has 2 atom stereocenters. The summed E-state index contributed by atoms with van der Waals surface area (Å²) in [6.45, 7) is 6.61. The zero-order valence-electron chi connectivity index (χ0n) is 15.6. The Morgan fingerprint density at radius 3 is 2.62 bits per heavy atom. The van der Waals surface area contributed by atoms with Gasteiger partial charge in [-0.05, 0) is 41.5 Å². The van der Waals surface area contributed by atoms with E-state index < -0.39 is 0 Å². The van der Waals surface area contributed by atoms with E-state index in [0.29, 0.717) is 0 Å². The van der Waals surface area contributed by atoms with Gasteiger partial charge in [0.05, 0.1) is 6.20 Å². The summed E-state index contributed by atoms with van der Waals surface area (Å²) in [6, 6.07) is 12.4. The van der Waals surface area contributed by atoms with Gasteiger partial charge in [-0.15, -0.1) is 10.2 Å². The summed E-state index contributed by atoms with van der Waals surface area (Å²) in [4.78, 5) is 0. The van der Waals surface area contributed by atoms with Crippen LogP contribution in [0.4, 0.5) is 0 Å². The molecule has 5 heteroatoms. The van der Waals surface area contributed by atoms with Gasteiger partial charge in [-0.1, -0.05) is 45.0 Å². The van der Waals surface area contributed by atoms with E-state index in [1.54, 1.807) is 0 Å². The van der Waals surface area contributed by atoms with Crippen LogP contribution in [0, 0.1) is 5.41 Å². The van der Waals surface area contributed by atoms with Crippen molar-refractivity contribution >= 4 is 5.65 Å². The van der Waals surface area contributed by atoms with E-state index in [1.165, 1.54) is 11.1 Å². The van der Waals surface area contributed by atoms with Crippen LogP contribution >= 0.6 is 0 Å². The molecule has 0 amide bonds. The molecule has 5 nitrogen and oxygen atoms in total. The first kappa shape index (κ1) is 17.0. The molecule has 0 saturated carbocycles. The second kappa shape index (κ2) is 6.40. The zero-order chi connectivity index (χ0) is 18.3. The fraction of sp³-hybridized carbons (Fsp3) is 0.429. The Balaban J connectivity index is 1.64. The molecular weight excluding hydrogens is 324 g/mol. The summed E-state index contributed by atoms with van der Waals surface area (Å²) in [5.41, 5.74) is 9.66. The molecule has 1 aliphatic rings. The molecule has 2 N–H and O–H groups in total. The van der Waals surface area contributed by atoms with Crippen molar-refractivity contribution in [2.75, 3.05) is 0 Å². The standard InChI is InChI=1S/C21H26N4O/c1-21(2,3)12-20-24-23-19-11-8-14(13-25(19)20)26-18-10-9-17(22)15-6-4-5-7-16(15)18/h4-8,11,13,17-18H,9-10,12,22H2,1-3H3. The van der Waals surface area contributed by atoms with Crippen LogP contribution in [0.15, 0.2) is 42.6 Å². The summed E-state index contributed by atoms with van der Waals surface area (Å²) < 4.78 is 8.40. The Hall–Kier alpha value is -2.40. The summed E-state index contributed by atoms with van der Waals surface area (Å²) in [5, 5.41) is 8.63. The van der Waals surface area contributed by atoms with E-state index in [2.05, 4.69) is 49.2 Å². The van der Waals surface area contributed by atoms with Crippen LogP contribution in [0.1, 0.15) is 62.7 Å². The molecule has 1 aliphatic carbocycles. The first-order valence-corrected chi connectivity index (χ1v) is 9.25. The lowest BCUT2D eigenvalue weighted by Gasteiger charge is -2.30.